The van der Waals surface area contributed by atoms with Gasteiger partial charge in [-0.1, -0.05) is 38.0 Å². The van der Waals surface area contributed by atoms with Crippen LogP contribution in [0.1, 0.15) is 68.6 Å². The Hall–Kier alpha value is -2.94. The SMILES string of the molecule is CCC(C(=O)NC1CCCC1)N(Cc1ccc(F)cc1)C(=O)CCCN(c1cc(C)cc(C)c1)S(C)(=O)=O. The van der Waals surface area contributed by atoms with Crippen molar-refractivity contribution >= 4 is 27.5 Å². The summed E-state index contributed by atoms with van der Waals surface area (Å²) in [5.74, 6) is -0.788. The molecule has 0 radical (unpaired) electrons. The van der Waals surface area contributed by atoms with E-state index in [4.69, 9.17) is 0 Å². The van der Waals surface area contributed by atoms with Gasteiger partial charge < -0.3 is 10.2 Å². The van der Waals surface area contributed by atoms with Crippen LogP contribution in [0.3, 0.4) is 0 Å². The van der Waals surface area contributed by atoms with Crippen LogP contribution < -0.4 is 9.62 Å². The van der Waals surface area contributed by atoms with Crippen molar-refractivity contribution in [2.24, 2.45) is 0 Å². The first-order valence-electron chi connectivity index (χ1n) is 13.4. The van der Waals surface area contributed by atoms with E-state index in [1.807, 2.05) is 39.0 Å². The standard InChI is InChI=1S/C29H40FN3O4S/c1-5-27(29(35)31-25-9-6-7-10-25)32(20-23-12-14-24(30)15-13-23)28(34)11-8-16-33(38(4,36)37)26-18-21(2)17-22(3)19-26/h12-15,17-19,25,27H,5-11,16,20H2,1-4H3,(H,31,35). The lowest BCUT2D eigenvalue weighted by Crippen LogP contribution is -2.51. The van der Waals surface area contributed by atoms with Crippen LogP contribution in [0.2, 0.25) is 0 Å². The van der Waals surface area contributed by atoms with Crippen molar-refractivity contribution < 1.29 is 22.4 Å². The van der Waals surface area contributed by atoms with E-state index in [1.54, 1.807) is 17.0 Å². The average molecular weight is 546 g/mol. The highest BCUT2D eigenvalue weighted by Crippen LogP contribution is 2.23. The van der Waals surface area contributed by atoms with Crippen LogP contribution in [0.15, 0.2) is 42.5 Å². The molecule has 9 heteroatoms. The maximum absolute atomic E-state index is 13.5. The summed E-state index contributed by atoms with van der Waals surface area (Å²) in [5.41, 5.74) is 3.20. The van der Waals surface area contributed by atoms with Crippen LogP contribution in [0.4, 0.5) is 10.1 Å². The Labute approximate surface area is 226 Å². The minimum absolute atomic E-state index is 0.0746. The number of hydrogen-bond acceptors (Lipinski definition) is 4. The van der Waals surface area contributed by atoms with E-state index < -0.39 is 16.1 Å². The van der Waals surface area contributed by atoms with Gasteiger partial charge in [0.25, 0.3) is 0 Å². The molecule has 1 fully saturated rings. The third-order valence-corrected chi connectivity index (χ3v) is 8.19. The predicted molar refractivity (Wildman–Crippen MR) is 149 cm³/mol. The molecule has 2 amide bonds. The molecule has 0 saturated heterocycles. The molecular formula is C29H40FN3O4S. The van der Waals surface area contributed by atoms with Gasteiger partial charge in [0.2, 0.25) is 21.8 Å². The summed E-state index contributed by atoms with van der Waals surface area (Å²) in [6.45, 7) is 6.01. The Bertz CT molecular complexity index is 1190. The fourth-order valence-electron chi connectivity index (χ4n) is 5.17. The molecule has 1 aliphatic rings. The zero-order chi connectivity index (χ0) is 27.9. The van der Waals surface area contributed by atoms with E-state index >= 15 is 0 Å². The maximum atomic E-state index is 13.5. The molecule has 1 unspecified atom stereocenters. The first kappa shape index (κ1) is 29.6. The highest BCUT2D eigenvalue weighted by Gasteiger charge is 2.30. The lowest BCUT2D eigenvalue weighted by Gasteiger charge is -2.32. The number of anilines is 1. The molecule has 38 heavy (non-hydrogen) atoms. The summed E-state index contributed by atoms with van der Waals surface area (Å²) in [6.07, 6.45) is 6.00. The fraction of sp³-hybridized carbons (Fsp3) is 0.517. The van der Waals surface area contributed by atoms with Gasteiger partial charge in [0, 0.05) is 25.6 Å². The second-order valence-corrected chi connectivity index (χ2v) is 12.3. The zero-order valence-corrected chi connectivity index (χ0v) is 23.7. The number of nitrogens with zero attached hydrogens (tertiary/aromatic N) is 2. The van der Waals surface area contributed by atoms with Crippen LogP contribution in [-0.2, 0) is 26.2 Å². The Kier molecular flexibility index (Phi) is 10.3. The van der Waals surface area contributed by atoms with Gasteiger partial charge in [-0.25, -0.2) is 12.8 Å². The minimum atomic E-state index is -3.56. The quantitative estimate of drug-likeness (QED) is 0.413. The normalized spacial score (nSPS) is 14.8. The third kappa shape index (κ3) is 8.28. The molecule has 0 spiro atoms. The zero-order valence-electron chi connectivity index (χ0n) is 22.9. The fourth-order valence-corrected chi connectivity index (χ4v) is 6.12. The lowest BCUT2D eigenvalue weighted by atomic mass is 10.1. The molecular weight excluding hydrogens is 505 g/mol. The molecule has 0 aromatic heterocycles. The molecule has 1 aliphatic carbocycles. The molecule has 0 heterocycles. The summed E-state index contributed by atoms with van der Waals surface area (Å²) in [5, 5.41) is 3.11. The van der Waals surface area contributed by atoms with Crippen molar-refractivity contribution in [1.29, 1.82) is 0 Å². The van der Waals surface area contributed by atoms with E-state index in [0.29, 0.717) is 18.5 Å². The Morgan fingerprint density at radius 1 is 1.05 bits per heavy atom. The molecule has 1 saturated carbocycles. The van der Waals surface area contributed by atoms with Gasteiger partial charge in [0.1, 0.15) is 11.9 Å². The van der Waals surface area contributed by atoms with Crippen LogP contribution in [0.5, 0.6) is 0 Å². The maximum Gasteiger partial charge on any atom is 0.243 e. The van der Waals surface area contributed by atoms with Crippen LogP contribution in [0, 0.1) is 19.7 Å². The third-order valence-electron chi connectivity index (χ3n) is 7.00. The smallest absolute Gasteiger partial charge is 0.243 e. The van der Waals surface area contributed by atoms with Crippen LogP contribution in [-0.4, -0.2) is 50.0 Å². The first-order valence-corrected chi connectivity index (χ1v) is 15.2. The highest BCUT2D eigenvalue weighted by molar-refractivity contribution is 7.92. The van der Waals surface area contributed by atoms with Crippen molar-refractivity contribution in [2.45, 2.75) is 84.3 Å². The van der Waals surface area contributed by atoms with E-state index in [0.717, 1.165) is 48.6 Å². The van der Waals surface area contributed by atoms with E-state index in [-0.39, 0.29) is 43.2 Å². The van der Waals surface area contributed by atoms with Gasteiger partial charge in [0.15, 0.2) is 0 Å². The van der Waals surface area contributed by atoms with Gasteiger partial charge in [-0.2, -0.15) is 0 Å². The van der Waals surface area contributed by atoms with Gasteiger partial charge in [-0.05, 0) is 80.5 Å². The summed E-state index contributed by atoms with van der Waals surface area (Å²) in [7, 11) is -3.56. The number of benzene rings is 2. The Morgan fingerprint density at radius 3 is 2.21 bits per heavy atom. The monoisotopic (exact) mass is 545 g/mol. The number of carbonyl (C=O) groups excluding carboxylic acids is 2. The Morgan fingerprint density at radius 2 is 1.66 bits per heavy atom. The van der Waals surface area contributed by atoms with Gasteiger partial charge >= 0.3 is 0 Å². The molecule has 3 rings (SSSR count). The number of halogens is 1. The largest absolute Gasteiger partial charge is 0.352 e. The van der Waals surface area contributed by atoms with E-state index in [1.165, 1.54) is 16.4 Å². The van der Waals surface area contributed by atoms with Crippen molar-refractivity contribution in [3.8, 4) is 0 Å². The number of aryl methyl sites for hydroxylation is 2. The molecule has 1 atom stereocenters. The minimum Gasteiger partial charge on any atom is -0.352 e. The van der Waals surface area contributed by atoms with Gasteiger partial charge in [-0.15, -0.1) is 0 Å². The number of nitrogens with one attached hydrogen (secondary N) is 1. The van der Waals surface area contributed by atoms with Crippen molar-refractivity contribution in [2.75, 3.05) is 17.1 Å². The van der Waals surface area contributed by atoms with E-state index in [9.17, 15) is 22.4 Å². The van der Waals surface area contributed by atoms with Crippen molar-refractivity contribution in [3.63, 3.8) is 0 Å². The lowest BCUT2D eigenvalue weighted by molar-refractivity contribution is -0.141. The molecule has 7 nitrogen and oxygen atoms in total. The van der Waals surface area contributed by atoms with Crippen LogP contribution in [0.25, 0.3) is 0 Å². The molecule has 0 bridgehead atoms. The first-order chi connectivity index (χ1) is 18.0. The second kappa shape index (κ2) is 13.2. The topological polar surface area (TPSA) is 86.8 Å². The number of amides is 2. The van der Waals surface area contributed by atoms with E-state index in [2.05, 4.69) is 5.32 Å². The predicted octanol–water partition coefficient (Wildman–Crippen LogP) is 4.85. The van der Waals surface area contributed by atoms with Crippen molar-refractivity contribution in [1.82, 2.24) is 10.2 Å². The molecule has 0 aliphatic heterocycles. The Balaban J connectivity index is 1.76. The highest BCUT2D eigenvalue weighted by atomic mass is 32.2. The van der Waals surface area contributed by atoms with Gasteiger partial charge in [-0.3, -0.25) is 13.9 Å². The number of sulfonamides is 1. The molecule has 2 aromatic carbocycles. The molecule has 2 aromatic rings. The molecule has 1 N–H and O–H groups in total. The summed E-state index contributed by atoms with van der Waals surface area (Å²) in [4.78, 5) is 28.3. The number of rotatable bonds is 12. The summed E-state index contributed by atoms with van der Waals surface area (Å²) in [6, 6.07) is 11.0. The van der Waals surface area contributed by atoms with Gasteiger partial charge in [0.05, 0.1) is 11.9 Å². The number of hydrogen-bond donors (Lipinski definition) is 1. The van der Waals surface area contributed by atoms with Crippen LogP contribution >= 0.6 is 0 Å². The summed E-state index contributed by atoms with van der Waals surface area (Å²) < 4.78 is 40.0. The summed E-state index contributed by atoms with van der Waals surface area (Å²) >= 11 is 0. The second-order valence-electron chi connectivity index (χ2n) is 10.3. The van der Waals surface area contributed by atoms with Crippen molar-refractivity contribution in [3.05, 3.63) is 65.0 Å². The average Bonchev–Trinajstić information content (AvgIpc) is 3.34. The molecule has 208 valence electrons. The number of carbonyl (C=O) groups is 2.